The predicted octanol–water partition coefficient (Wildman–Crippen LogP) is 1.80. The Balaban J connectivity index is 1.88. The van der Waals surface area contributed by atoms with E-state index in [0.29, 0.717) is 24.4 Å². The van der Waals surface area contributed by atoms with Crippen LogP contribution in [0.5, 0.6) is 5.75 Å². The van der Waals surface area contributed by atoms with Crippen LogP contribution in [0.15, 0.2) is 54.6 Å². The Morgan fingerprint density at radius 3 is 2.39 bits per heavy atom. The van der Waals surface area contributed by atoms with E-state index in [9.17, 15) is 10.2 Å². The summed E-state index contributed by atoms with van der Waals surface area (Å²) < 4.78 is 5.53. The molecule has 0 aliphatic carbocycles. The van der Waals surface area contributed by atoms with Crippen molar-refractivity contribution in [3.63, 3.8) is 0 Å². The van der Waals surface area contributed by atoms with Crippen LogP contribution in [0.3, 0.4) is 0 Å². The van der Waals surface area contributed by atoms with Gasteiger partial charge < -0.3 is 19.8 Å². The fraction of sp³-hybridized carbons (Fsp3) is 0.278. The summed E-state index contributed by atoms with van der Waals surface area (Å²) in [7, 11) is 0. The first kappa shape index (κ1) is 16.8. The Labute approximate surface area is 136 Å². The van der Waals surface area contributed by atoms with Crippen LogP contribution in [0.2, 0.25) is 0 Å². The van der Waals surface area contributed by atoms with Crippen molar-refractivity contribution < 1.29 is 14.9 Å². The number of aliphatic hydroxyl groups is 2. The Hall–Kier alpha value is -2.55. The number of aliphatic hydroxyl groups excluding tert-OH is 2. The van der Waals surface area contributed by atoms with Crippen molar-refractivity contribution in [3.8, 4) is 11.8 Å². The standard InChI is InChI=1S/C18H20N2O3/c19-12-15-6-8-18(9-7-15)23-14-17(22)13-20(10-11-21)16-4-2-1-3-5-16/h1-9,17,21-22H,10-11,13-14H2. The molecule has 0 saturated carbocycles. The molecule has 0 amide bonds. The van der Waals surface area contributed by atoms with E-state index in [1.165, 1.54) is 0 Å². The number of hydrogen-bond donors (Lipinski definition) is 2. The molecule has 1 unspecified atom stereocenters. The van der Waals surface area contributed by atoms with Gasteiger partial charge in [-0.25, -0.2) is 0 Å². The van der Waals surface area contributed by atoms with E-state index in [1.54, 1.807) is 24.3 Å². The summed E-state index contributed by atoms with van der Waals surface area (Å²) in [5.41, 5.74) is 1.51. The van der Waals surface area contributed by atoms with E-state index in [-0.39, 0.29) is 13.2 Å². The van der Waals surface area contributed by atoms with Gasteiger partial charge in [-0.1, -0.05) is 18.2 Å². The number of nitrogens with zero attached hydrogens (tertiary/aromatic N) is 2. The molecule has 0 aromatic heterocycles. The van der Waals surface area contributed by atoms with Gasteiger partial charge in [0.25, 0.3) is 0 Å². The minimum atomic E-state index is -0.697. The van der Waals surface area contributed by atoms with Crippen LogP contribution < -0.4 is 9.64 Å². The van der Waals surface area contributed by atoms with Gasteiger partial charge in [0.2, 0.25) is 0 Å². The summed E-state index contributed by atoms with van der Waals surface area (Å²) in [6.45, 7) is 0.956. The van der Waals surface area contributed by atoms with Crippen LogP contribution in [-0.4, -0.2) is 42.6 Å². The number of para-hydroxylation sites is 1. The number of anilines is 1. The van der Waals surface area contributed by atoms with Crippen LogP contribution in [0.4, 0.5) is 5.69 Å². The van der Waals surface area contributed by atoms with Crippen molar-refractivity contribution >= 4 is 5.69 Å². The number of ether oxygens (including phenoxy) is 1. The smallest absolute Gasteiger partial charge is 0.119 e. The normalized spacial score (nSPS) is 11.5. The first-order chi connectivity index (χ1) is 11.2. The third kappa shape index (κ3) is 5.29. The second kappa shape index (κ2) is 8.79. The number of benzene rings is 2. The highest BCUT2D eigenvalue weighted by Gasteiger charge is 2.13. The molecule has 23 heavy (non-hydrogen) atoms. The molecule has 0 radical (unpaired) electrons. The van der Waals surface area contributed by atoms with Gasteiger partial charge in [-0.2, -0.15) is 5.26 Å². The van der Waals surface area contributed by atoms with Gasteiger partial charge in [-0.15, -0.1) is 0 Å². The van der Waals surface area contributed by atoms with Crippen molar-refractivity contribution in [2.45, 2.75) is 6.10 Å². The molecule has 1 atom stereocenters. The topological polar surface area (TPSA) is 76.7 Å². The zero-order valence-electron chi connectivity index (χ0n) is 12.8. The van der Waals surface area contributed by atoms with Crippen LogP contribution >= 0.6 is 0 Å². The molecular formula is C18H20N2O3. The third-order valence-electron chi connectivity index (χ3n) is 3.35. The molecular weight excluding hydrogens is 292 g/mol. The fourth-order valence-corrected chi connectivity index (χ4v) is 2.21. The highest BCUT2D eigenvalue weighted by Crippen LogP contribution is 2.15. The maximum absolute atomic E-state index is 10.2. The van der Waals surface area contributed by atoms with E-state index >= 15 is 0 Å². The number of rotatable bonds is 8. The van der Waals surface area contributed by atoms with Gasteiger partial charge >= 0.3 is 0 Å². The van der Waals surface area contributed by atoms with Crippen molar-refractivity contribution in [1.29, 1.82) is 5.26 Å². The molecule has 2 aromatic carbocycles. The quantitative estimate of drug-likeness (QED) is 0.777. The highest BCUT2D eigenvalue weighted by atomic mass is 16.5. The van der Waals surface area contributed by atoms with E-state index in [2.05, 4.69) is 0 Å². The van der Waals surface area contributed by atoms with Crippen LogP contribution in [0, 0.1) is 11.3 Å². The largest absolute Gasteiger partial charge is 0.491 e. The Kier molecular flexibility index (Phi) is 6.42. The molecule has 0 heterocycles. The maximum Gasteiger partial charge on any atom is 0.119 e. The lowest BCUT2D eigenvalue weighted by Crippen LogP contribution is -2.37. The molecule has 0 aliphatic rings. The zero-order chi connectivity index (χ0) is 16.5. The Bertz CT molecular complexity index is 623. The molecule has 120 valence electrons. The molecule has 0 spiro atoms. The molecule has 2 aromatic rings. The van der Waals surface area contributed by atoms with Crippen LogP contribution in [0.1, 0.15) is 5.56 Å². The Morgan fingerprint density at radius 1 is 1.09 bits per heavy atom. The average molecular weight is 312 g/mol. The molecule has 0 saturated heterocycles. The second-order valence-corrected chi connectivity index (χ2v) is 5.11. The van der Waals surface area contributed by atoms with Gasteiger partial charge in [0.1, 0.15) is 18.5 Å². The molecule has 0 bridgehead atoms. The SMILES string of the molecule is N#Cc1ccc(OCC(O)CN(CCO)c2ccccc2)cc1. The summed E-state index contributed by atoms with van der Waals surface area (Å²) in [5.74, 6) is 0.608. The van der Waals surface area contributed by atoms with Crippen LogP contribution in [-0.2, 0) is 0 Å². The average Bonchev–Trinajstić information content (AvgIpc) is 2.61. The molecule has 0 aliphatic heterocycles. The molecule has 0 fully saturated rings. The van der Waals surface area contributed by atoms with E-state index in [4.69, 9.17) is 10.00 Å². The maximum atomic E-state index is 10.2. The van der Waals surface area contributed by atoms with Gasteiger partial charge in [0.15, 0.2) is 0 Å². The molecule has 2 N–H and O–H groups in total. The highest BCUT2D eigenvalue weighted by molar-refractivity contribution is 5.46. The zero-order valence-corrected chi connectivity index (χ0v) is 12.8. The lowest BCUT2D eigenvalue weighted by atomic mass is 10.2. The molecule has 2 rings (SSSR count). The van der Waals surface area contributed by atoms with Gasteiger partial charge in [-0.05, 0) is 36.4 Å². The molecule has 5 nitrogen and oxygen atoms in total. The number of nitriles is 1. The number of hydrogen-bond acceptors (Lipinski definition) is 5. The minimum absolute atomic E-state index is 0.0120. The second-order valence-electron chi connectivity index (χ2n) is 5.11. The summed E-state index contributed by atoms with van der Waals surface area (Å²) in [6.07, 6.45) is -0.697. The van der Waals surface area contributed by atoms with Crippen molar-refractivity contribution in [2.75, 3.05) is 31.2 Å². The monoisotopic (exact) mass is 312 g/mol. The van der Waals surface area contributed by atoms with Crippen molar-refractivity contribution in [3.05, 3.63) is 60.2 Å². The van der Waals surface area contributed by atoms with E-state index in [0.717, 1.165) is 5.69 Å². The first-order valence-electron chi connectivity index (χ1n) is 7.45. The summed E-state index contributed by atoms with van der Waals surface area (Å²) in [6, 6.07) is 18.4. The molecule has 5 heteroatoms. The van der Waals surface area contributed by atoms with Crippen LogP contribution in [0.25, 0.3) is 0 Å². The van der Waals surface area contributed by atoms with Gasteiger partial charge in [-0.3, -0.25) is 0 Å². The van der Waals surface area contributed by atoms with Gasteiger partial charge in [0, 0.05) is 18.8 Å². The fourth-order valence-electron chi connectivity index (χ4n) is 2.21. The summed E-state index contributed by atoms with van der Waals surface area (Å²) in [4.78, 5) is 1.91. The first-order valence-corrected chi connectivity index (χ1v) is 7.45. The predicted molar refractivity (Wildman–Crippen MR) is 88.4 cm³/mol. The van der Waals surface area contributed by atoms with Gasteiger partial charge in [0.05, 0.1) is 18.2 Å². The lowest BCUT2D eigenvalue weighted by molar-refractivity contribution is 0.111. The van der Waals surface area contributed by atoms with E-state index in [1.807, 2.05) is 41.3 Å². The minimum Gasteiger partial charge on any atom is -0.491 e. The third-order valence-corrected chi connectivity index (χ3v) is 3.35. The lowest BCUT2D eigenvalue weighted by Gasteiger charge is -2.26. The van der Waals surface area contributed by atoms with Crippen molar-refractivity contribution in [2.24, 2.45) is 0 Å². The summed E-state index contributed by atoms with van der Waals surface area (Å²) >= 11 is 0. The Morgan fingerprint density at radius 2 is 1.78 bits per heavy atom. The van der Waals surface area contributed by atoms with E-state index < -0.39 is 6.10 Å². The summed E-state index contributed by atoms with van der Waals surface area (Å²) in [5, 5.41) is 28.1. The van der Waals surface area contributed by atoms with Crippen molar-refractivity contribution in [1.82, 2.24) is 0 Å².